The Bertz CT molecular complexity index is 590. The first-order chi connectivity index (χ1) is 12.7. The maximum atomic E-state index is 12.5. The van der Waals surface area contributed by atoms with Crippen molar-refractivity contribution in [1.29, 1.82) is 0 Å². The van der Waals surface area contributed by atoms with Crippen LogP contribution >= 0.6 is 0 Å². The van der Waals surface area contributed by atoms with Crippen LogP contribution in [0.2, 0.25) is 0 Å². The molecule has 4 N–H and O–H groups in total. The normalized spacial score (nSPS) is 19.6. The number of nitrogens with one attached hydrogen (secondary N) is 3. The summed E-state index contributed by atoms with van der Waals surface area (Å²) in [6, 6.07) is -2.44. The van der Waals surface area contributed by atoms with E-state index in [4.69, 9.17) is 5.11 Å². The summed E-state index contributed by atoms with van der Waals surface area (Å²) in [7, 11) is 0. The van der Waals surface area contributed by atoms with Crippen molar-refractivity contribution in [2.45, 2.75) is 65.1 Å². The first-order valence-corrected chi connectivity index (χ1v) is 9.18. The molecule has 3 atom stereocenters. The van der Waals surface area contributed by atoms with E-state index in [1.165, 1.54) is 11.9 Å². The second kappa shape index (κ2) is 10.7. The van der Waals surface area contributed by atoms with Crippen molar-refractivity contribution in [3.8, 4) is 0 Å². The molecule has 1 saturated heterocycles. The molecule has 1 aliphatic rings. The lowest BCUT2D eigenvalue weighted by Gasteiger charge is -2.34. The first kappa shape index (κ1) is 22.6. The van der Waals surface area contributed by atoms with E-state index in [1.807, 2.05) is 0 Å². The fourth-order valence-electron chi connectivity index (χ4n) is 2.71. The van der Waals surface area contributed by atoms with Crippen molar-refractivity contribution in [2.75, 3.05) is 6.54 Å². The molecule has 0 spiro atoms. The molecular formula is C18H30N4O5. The number of hydrogen-bond donors (Lipinski definition) is 4. The fraction of sp³-hybridized carbons (Fsp3) is 0.667. The molecule has 1 heterocycles. The van der Waals surface area contributed by atoms with E-state index in [9.17, 15) is 19.2 Å². The fourth-order valence-corrected chi connectivity index (χ4v) is 2.71. The van der Waals surface area contributed by atoms with Crippen molar-refractivity contribution >= 4 is 23.7 Å². The highest BCUT2D eigenvalue weighted by atomic mass is 16.4. The molecule has 3 unspecified atom stereocenters. The number of carbonyl (C=O) groups excluding carboxylic acids is 3. The third kappa shape index (κ3) is 7.01. The Hall–Kier alpha value is -2.42. The summed E-state index contributed by atoms with van der Waals surface area (Å²) < 4.78 is 0. The van der Waals surface area contributed by atoms with Crippen LogP contribution in [0.25, 0.3) is 0 Å². The molecule has 0 radical (unpaired) electrons. The number of hydrazine groups is 1. The molecule has 27 heavy (non-hydrogen) atoms. The van der Waals surface area contributed by atoms with E-state index >= 15 is 0 Å². The van der Waals surface area contributed by atoms with Crippen LogP contribution in [0.1, 0.15) is 47.0 Å². The van der Waals surface area contributed by atoms with Gasteiger partial charge in [0.1, 0.15) is 18.1 Å². The zero-order chi connectivity index (χ0) is 20.6. The number of allylic oxidation sites excluding steroid dienone is 1. The molecule has 1 rings (SSSR count). The standard InChI is InChI=1S/C18H30N4O5/c1-5-6-9-14(23)20-15(11(2)3)16(24)19-12(4)17(25)22-10-7-8-13(21-22)18(26)27/h5-6,11-13,15,21H,7-10H2,1-4H3,(H,19,24)(H,20,23)(H,26,27)/b6-5+. The summed E-state index contributed by atoms with van der Waals surface area (Å²) in [6.45, 7) is 7.31. The number of aliphatic carboxylic acids is 1. The summed E-state index contributed by atoms with van der Waals surface area (Å²) in [6.07, 6.45) is 4.62. The Morgan fingerprint density at radius 1 is 1.22 bits per heavy atom. The molecule has 1 fully saturated rings. The van der Waals surface area contributed by atoms with E-state index in [0.717, 1.165) is 0 Å². The van der Waals surface area contributed by atoms with Crippen LogP contribution in [0, 0.1) is 5.92 Å². The van der Waals surface area contributed by atoms with Crippen LogP contribution in [0.4, 0.5) is 0 Å². The summed E-state index contributed by atoms with van der Waals surface area (Å²) in [4.78, 5) is 48.1. The van der Waals surface area contributed by atoms with Gasteiger partial charge in [-0.15, -0.1) is 0 Å². The summed E-state index contributed by atoms with van der Waals surface area (Å²) in [5, 5.41) is 15.6. The van der Waals surface area contributed by atoms with Crippen molar-refractivity contribution in [1.82, 2.24) is 21.1 Å². The molecule has 3 amide bonds. The smallest absolute Gasteiger partial charge is 0.322 e. The van der Waals surface area contributed by atoms with Crippen LogP contribution in [-0.4, -0.2) is 58.5 Å². The minimum atomic E-state index is -1.02. The monoisotopic (exact) mass is 382 g/mol. The topological polar surface area (TPSA) is 128 Å². The molecule has 0 saturated carbocycles. The third-order valence-corrected chi connectivity index (χ3v) is 4.28. The van der Waals surface area contributed by atoms with Gasteiger partial charge in [0.25, 0.3) is 5.91 Å². The molecule has 9 heteroatoms. The minimum absolute atomic E-state index is 0.161. The molecular weight excluding hydrogens is 352 g/mol. The third-order valence-electron chi connectivity index (χ3n) is 4.28. The van der Waals surface area contributed by atoms with Crippen molar-refractivity contribution in [2.24, 2.45) is 5.92 Å². The molecule has 0 aromatic rings. The Morgan fingerprint density at radius 2 is 1.89 bits per heavy atom. The summed E-state index contributed by atoms with van der Waals surface area (Å²) in [5.74, 6) is -2.33. The van der Waals surface area contributed by atoms with Gasteiger partial charge in [-0.1, -0.05) is 26.0 Å². The van der Waals surface area contributed by atoms with Gasteiger partial charge in [0.2, 0.25) is 11.8 Å². The van der Waals surface area contributed by atoms with E-state index in [2.05, 4.69) is 16.1 Å². The van der Waals surface area contributed by atoms with Gasteiger partial charge in [0.05, 0.1) is 0 Å². The molecule has 0 aromatic heterocycles. The second-order valence-corrected chi connectivity index (χ2v) is 6.94. The number of carboxylic acid groups (broad SMARTS) is 1. The number of hydrogen-bond acceptors (Lipinski definition) is 5. The molecule has 0 bridgehead atoms. The molecule has 1 aliphatic heterocycles. The highest BCUT2D eigenvalue weighted by molar-refractivity contribution is 5.92. The van der Waals surface area contributed by atoms with E-state index < -0.39 is 35.9 Å². The largest absolute Gasteiger partial charge is 0.480 e. The van der Waals surface area contributed by atoms with Gasteiger partial charge in [-0.25, -0.2) is 5.43 Å². The SMILES string of the molecule is C/C=C/CC(=O)NC(C(=O)NC(C)C(=O)N1CCCC(C(=O)O)N1)C(C)C. The van der Waals surface area contributed by atoms with Crippen molar-refractivity contribution in [3.05, 3.63) is 12.2 Å². The van der Waals surface area contributed by atoms with Crippen LogP contribution < -0.4 is 16.1 Å². The number of carboxylic acids is 1. The lowest BCUT2D eigenvalue weighted by atomic mass is 10.0. The first-order valence-electron chi connectivity index (χ1n) is 9.18. The lowest BCUT2D eigenvalue weighted by Crippen LogP contribution is -2.60. The Kier molecular flexibility index (Phi) is 8.93. The Morgan fingerprint density at radius 3 is 2.44 bits per heavy atom. The van der Waals surface area contributed by atoms with Gasteiger partial charge in [-0.2, -0.15) is 0 Å². The highest BCUT2D eigenvalue weighted by Gasteiger charge is 2.32. The second-order valence-electron chi connectivity index (χ2n) is 6.94. The maximum absolute atomic E-state index is 12.5. The predicted octanol–water partition coefficient (Wildman–Crippen LogP) is 0.178. The van der Waals surface area contributed by atoms with E-state index in [1.54, 1.807) is 32.9 Å². The Labute approximate surface area is 159 Å². The van der Waals surface area contributed by atoms with Gasteiger partial charge in [-0.05, 0) is 32.6 Å². The quantitative estimate of drug-likeness (QED) is 0.443. The Balaban J connectivity index is 2.67. The van der Waals surface area contributed by atoms with Crippen LogP contribution in [0.5, 0.6) is 0 Å². The minimum Gasteiger partial charge on any atom is -0.480 e. The summed E-state index contributed by atoms with van der Waals surface area (Å²) >= 11 is 0. The number of amides is 3. The zero-order valence-electron chi connectivity index (χ0n) is 16.3. The van der Waals surface area contributed by atoms with Crippen LogP contribution in [-0.2, 0) is 19.2 Å². The van der Waals surface area contributed by atoms with Gasteiger partial charge >= 0.3 is 5.97 Å². The van der Waals surface area contributed by atoms with E-state index in [-0.39, 0.29) is 18.2 Å². The number of rotatable bonds is 8. The van der Waals surface area contributed by atoms with Gasteiger partial charge in [-0.3, -0.25) is 24.2 Å². The predicted molar refractivity (Wildman–Crippen MR) is 99.3 cm³/mol. The number of carbonyl (C=O) groups is 4. The number of nitrogens with zero attached hydrogens (tertiary/aromatic N) is 1. The zero-order valence-corrected chi connectivity index (χ0v) is 16.3. The summed E-state index contributed by atoms with van der Waals surface area (Å²) in [5.41, 5.74) is 2.67. The molecule has 9 nitrogen and oxygen atoms in total. The molecule has 0 aliphatic carbocycles. The van der Waals surface area contributed by atoms with Crippen molar-refractivity contribution < 1.29 is 24.3 Å². The van der Waals surface area contributed by atoms with E-state index in [0.29, 0.717) is 19.4 Å². The molecule has 0 aromatic carbocycles. The van der Waals surface area contributed by atoms with Crippen molar-refractivity contribution in [3.63, 3.8) is 0 Å². The maximum Gasteiger partial charge on any atom is 0.322 e. The van der Waals surface area contributed by atoms with Crippen LogP contribution in [0.3, 0.4) is 0 Å². The average molecular weight is 382 g/mol. The average Bonchev–Trinajstić information content (AvgIpc) is 2.63. The molecule has 152 valence electrons. The lowest BCUT2D eigenvalue weighted by molar-refractivity contribution is -0.148. The van der Waals surface area contributed by atoms with Gasteiger partial charge in [0, 0.05) is 13.0 Å². The van der Waals surface area contributed by atoms with Crippen LogP contribution in [0.15, 0.2) is 12.2 Å². The highest BCUT2D eigenvalue weighted by Crippen LogP contribution is 2.09. The van der Waals surface area contributed by atoms with Gasteiger partial charge < -0.3 is 15.7 Å². The van der Waals surface area contributed by atoms with Gasteiger partial charge in [0.15, 0.2) is 0 Å².